The predicted molar refractivity (Wildman–Crippen MR) is 109 cm³/mol. The van der Waals surface area contributed by atoms with Crippen LogP contribution < -0.4 is 9.46 Å². The van der Waals surface area contributed by atoms with E-state index < -0.39 is 28.5 Å². The SMILES string of the molecule is [2H]C1([2H])CC2CCC1c1ccccc1OCC(=O)N1CCC[C@H](NS(C)(=O)=O)C1CO2. The number of amides is 1. The van der Waals surface area contributed by atoms with Crippen LogP contribution in [0, 0.1) is 0 Å². The van der Waals surface area contributed by atoms with Crippen LogP contribution in [0.15, 0.2) is 24.3 Å². The quantitative estimate of drug-likeness (QED) is 0.785. The minimum absolute atomic E-state index is 0.164. The Kier molecular flexibility index (Phi) is 5.39. The molecule has 0 spiro atoms. The molecule has 3 heterocycles. The van der Waals surface area contributed by atoms with E-state index >= 15 is 0 Å². The molecule has 1 amide bonds. The molecule has 7 nitrogen and oxygen atoms in total. The first-order chi connectivity index (χ1) is 14.6. The molecule has 160 valence electrons. The molecule has 2 bridgehead atoms. The van der Waals surface area contributed by atoms with E-state index in [1.165, 1.54) is 0 Å². The van der Waals surface area contributed by atoms with E-state index in [1.807, 2.05) is 18.2 Å². The standard InChI is InChI=1S/C21H30N2O5S/c1-29(25,26)22-18-6-4-12-23-19(18)13-27-16-10-8-15(9-11-16)17-5-2-3-7-20(17)28-14-21(23)24/h2-3,5,7,15-16,18-19,22H,4,6,8-14H2,1H3/t15?,16?,18-,19?/m0/s1/i8D2. The molecule has 29 heavy (non-hydrogen) atoms. The third-order valence-corrected chi connectivity index (χ3v) is 6.71. The number of rotatable bonds is 2. The van der Waals surface area contributed by atoms with Gasteiger partial charge in [-0.15, -0.1) is 0 Å². The van der Waals surface area contributed by atoms with Crippen LogP contribution in [0.3, 0.4) is 0 Å². The lowest BCUT2D eigenvalue weighted by atomic mass is 9.82. The highest BCUT2D eigenvalue weighted by Crippen LogP contribution is 2.38. The van der Waals surface area contributed by atoms with Crippen molar-refractivity contribution in [2.75, 3.05) is 26.0 Å². The monoisotopic (exact) mass is 424 g/mol. The van der Waals surface area contributed by atoms with Crippen LogP contribution >= 0.6 is 0 Å². The highest BCUT2D eigenvalue weighted by molar-refractivity contribution is 7.88. The molecule has 1 N–H and O–H groups in total. The van der Waals surface area contributed by atoms with Crippen LogP contribution in [-0.2, 0) is 19.6 Å². The number of piperidine rings is 1. The van der Waals surface area contributed by atoms with Gasteiger partial charge in [0.1, 0.15) is 5.75 Å². The topological polar surface area (TPSA) is 84.9 Å². The number of para-hydroxylation sites is 1. The third kappa shape index (κ3) is 4.92. The van der Waals surface area contributed by atoms with Crippen LogP contribution in [0.1, 0.15) is 52.7 Å². The predicted octanol–water partition coefficient (Wildman–Crippen LogP) is 2.03. The number of benzene rings is 1. The van der Waals surface area contributed by atoms with Crippen LogP contribution in [0.2, 0.25) is 0 Å². The Morgan fingerprint density at radius 2 is 2.03 bits per heavy atom. The van der Waals surface area contributed by atoms with E-state index in [4.69, 9.17) is 12.2 Å². The summed E-state index contributed by atoms with van der Waals surface area (Å²) in [5, 5.41) is 0. The Morgan fingerprint density at radius 1 is 1.21 bits per heavy atom. The Balaban J connectivity index is 1.67. The van der Waals surface area contributed by atoms with Crippen LogP contribution in [0.4, 0.5) is 0 Å². The molecule has 8 heteroatoms. The normalized spacial score (nSPS) is 33.7. The average Bonchev–Trinajstić information content (AvgIpc) is 2.70. The second kappa shape index (κ2) is 8.62. The van der Waals surface area contributed by atoms with Gasteiger partial charge in [0.05, 0.1) is 25.0 Å². The smallest absolute Gasteiger partial charge is 0.260 e. The van der Waals surface area contributed by atoms with Crippen molar-refractivity contribution in [1.82, 2.24) is 9.62 Å². The number of nitrogens with zero attached hydrogens (tertiary/aromatic N) is 1. The molecule has 1 aromatic carbocycles. The second-order valence-electron chi connectivity index (χ2n) is 8.11. The molecule has 0 aromatic heterocycles. The summed E-state index contributed by atoms with van der Waals surface area (Å²) in [5.41, 5.74) is 0.782. The van der Waals surface area contributed by atoms with Gasteiger partial charge in [-0.25, -0.2) is 13.1 Å². The van der Waals surface area contributed by atoms with Gasteiger partial charge in [-0.3, -0.25) is 4.79 Å². The highest BCUT2D eigenvalue weighted by atomic mass is 32.2. The van der Waals surface area contributed by atoms with Gasteiger partial charge in [-0.05, 0) is 56.0 Å². The van der Waals surface area contributed by atoms with E-state index in [0.29, 0.717) is 38.0 Å². The van der Waals surface area contributed by atoms with E-state index in [1.54, 1.807) is 11.0 Å². The van der Waals surface area contributed by atoms with Crippen molar-refractivity contribution in [3.05, 3.63) is 29.8 Å². The summed E-state index contributed by atoms with van der Waals surface area (Å²) < 4.78 is 55.8. The number of fused-ring (bicyclic) bond motifs is 5. The van der Waals surface area contributed by atoms with Crippen molar-refractivity contribution >= 4 is 15.9 Å². The van der Waals surface area contributed by atoms with Crippen molar-refractivity contribution in [2.24, 2.45) is 0 Å². The first kappa shape index (κ1) is 18.2. The summed E-state index contributed by atoms with van der Waals surface area (Å²) in [4.78, 5) is 14.7. The van der Waals surface area contributed by atoms with Gasteiger partial charge in [0.15, 0.2) is 6.61 Å². The molecule has 2 fully saturated rings. The van der Waals surface area contributed by atoms with Crippen molar-refractivity contribution in [3.8, 4) is 5.75 Å². The summed E-state index contributed by atoms with van der Waals surface area (Å²) in [5.74, 6) is -0.0256. The molecule has 4 aliphatic rings. The Morgan fingerprint density at radius 3 is 2.83 bits per heavy atom. The molecule has 3 aliphatic heterocycles. The molecule has 5 rings (SSSR count). The molecular weight excluding hydrogens is 392 g/mol. The number of nitrogens with one attached hydrogen (secondary N) is 1. The largest absolute Gasteiger partial charge is 0.483 e. The number of sulfonamides is 1. The van der Waals surface area contributed by atoms with Gasteiger partial charge in [-0.1, -0.05) is 18.2 Å². The number of hydrogen-bond acceptors (Lipinski definition) is 5. The zero-order valence-electron chi connectivity index (χ0n) is 18.7. The molecule has 4 atom stereocenters. The Labute approximate surface area is 175 Å². The lowest BCUT2D eigenvalue weighted by Crippen LogP contribution is -2.59. The third-order valence-electron chi connectivity index (χ3n) is 5.98. The fourth-order valence-electron chi connectivity index (χ4n) is 4.58. The molecule has 1 aromatic rings. The van der Waals surface area contributed by atoms with Crippen molar-refractivity contribution in [3.63, 3.8) is 0 Å². The van der Waals surface area contributed by atoms with Gasteiger partial charge in [0.25, 0.3) is 5.91 Å². The number of carbonyl (C=O) groups is 1. The minimum Gasteiger partial charge on any atom is -0.483 e. The average molecular weight is 425 g/mol. The summed E-state index contributed by atoms with van der Waals surface area (Å²) in [6, 6.07) is 6.43. The Bertz CT molecular complexity index is 926. The lowest BCUT2D eigenvalue weighted by molar-refractivity contribution is -0.140. The molecule has 3 unspecified atom stereocenters. The van der Waals surface area contributed by atoms with Gasteiger partial charge in [0, 0.05) is 15.3 Å². The van der Waals surface area contributed by atoms with Gasteiger partial charge < -0.3 is 14.4 Å². The van der Waals surface area contributed by atoms with E-state index in [-0.39, 0.29) is 37.6 Å². The van der Waals surface area contributed by atoms with E-state index in [9.17, 15) is 13.2 Å². The van der Waals surface area contributed by atoms with Crippen LogP contribution in [-0.4, -0.2) is 63.4 Å². The minimum atomic E-state index is -3.45. The van der Waals surface area contributed by atoms with Gasteiger partial charge in [-0.2, -0.15) is 0 Å². The van der Waals surface area contributed by atoms with Crippen molar-refractivity contribution in [2.45, 2.75) is 62.6 Å². The number of carbonyl (C=O) groups excluding carboxylic acids is 1. The maximum Gasteiger partial charge on any atom is 0.260 e. The molecule has 1 aliphatic carbocycles. The van der Waals surface area contributed by atoms with Gasteiger partial charge >= 0.3 is 0 Å². The van der Waals surface area contributed by atoms with Crippen LogP contribution in [0.5, 0.6) is 5.75 Å². The number of ether oxygens (including phenoxy) is 2. The zero-order chi connectivity index (χ0) is 22.2. The summed E-state index contributed by atoms with van der Waals surface area (Å²) in [7, 11) is -3.45. The van der Waals surface area contributed by atoms with Crippen LogP contribution in [0.25, 0.3) is 0 Å². The van der Waals surface area contributed by atoms with Gasteiger partial charge in [0.2, 0.25) is 10.0 Å². The van der Waals surface area contributed by atoms with E-state index in [0.717, 1.165) is 11.8 Å². The number of hydrogen-bond donors (Lipinski definition) is 1. The maximum absolute atomic E-state index is 13.1. The summed E-state index contributed by atoms with van der Waals surface area (Å²) >= 11 is 0. The first-order valence-electron chi connectivity index (χ1n) is 11.2. The molecule has 1 saturated heterocycles. The molecular formula is C21H30N2O5S. The summed E-state index contributed by atoms with van der Waals surface area (Å²) in [6.07, 6.45) is 2.22. The highest BCUT2D eigenvalue weighted by Gasteiger charge is 2.37. The van der Waals surface area contributed by atoms with Crippen molar-refractivity contribution < 1.29 is 25.4 Å². The van der Waals surface area contributed by atoms with Crippen molar-refractivity contribution in [1.29, 1.82) is 0 Å². The van der Waals surface area contributed by atoms with E-state index in [2.05, 4.69) is 4.72 Å². The first-order valence-corrected chi connectivity index (χ1v) is 12.1. The zero-order valence-corrected chi connectivity index (χ0v) is 17.5. The fraction of sp³-hybridized carbons (Fsp3) is 0.667. The molecule has 0 radical (unpaired) electrons. The maximum atomic E-state index is 13.1. The molecule has 1 saturated carbocycles. The second-order valence-corrected chi connectivity index (χ2v) is 9.89. The Hall–Kier alpha value is -1.64. The fourth-order valence-corrected chi connectivity index (χ4v) is 5.41. The lowest BCUT2D eigenvalue weighted by Gasteiger charge is -2.41. The summed E-state index contributed by atoms with van der Waals surface area (Å²) in [6.45, 7) is 0.490.